The van der Waals surface area contributed by atoms with Gasteiger partial charge in [0.25, 0.3) is 0 Å². The van der Waals surface area contributed by atoms with Crippen molar-refractivity contribution in [2.24, 2.45) is 7.05 Å². The van der Waals surface area contributed by atoms with Gasteiger partial charge in [-0.3, -0.25) is 14.5 Å². The first kappa shape index (κ1) is 12.2. The SMILES string of the molecule is COc1cncc(-c2cnn(C)c2C(=O)CO)n1. The highest BCUT2D eigenvalue weighted by Crippen LogP contribution is 2.22. The lowest BCUT2D eigenvalue weighted by molar-refractivity contribution is 0.0895. The van der Waals surface area contributed by atoms with E-state index in [1.807, 2.05) is 0 Å². The standard InChI is InChI=1S/C11H12N4O3/c1-15-11(9(17)6-16)7(3-13-15)8-4-12-5-10(14-8)18-2/h3-5,16H,6H2,1-2H3. The van der Waals surface area contributed by atoms with Crippen LogP contribution in [0.25, 0.3) is 11.3 Å². The number of aliphatic hydroxyl groups excluding tert-OH is 1. The van der Waals surface area contributed by atoms with Gasteiger partial charge >= 0.3 is 0 Å². The van der Waals surface area contributed by atoms with Gasteiger partial charge in [0.05, 0.1) is 37.0 Å². The molecular formula is C11H12N4O3. The Morgan fingerprint density at radius 1 is 1.44 bits per heavy atom. The molecule has 0 saturated carbocycles. The van der Waals surface area contributed by atoms with E-state index >= 15 is 0 Å². The summed E-state index contributed by atoms with van der Waals surface area (Å²) in [5, 5.41) is 12.9. The predicted molar refractivity (Wildman–Crippen MR) is 62.2 cm³/mol. The number of aryl methyl sites for hydroxylation is 1. The molecule has 0 atom stereocenters. The summed E-state index contributed by atoms with van der Waals surface area (Å²) in [5.41, 5.74) is 1.28. The molecule has 0 amide bonds. The van der Waals surface area contributed by atoms with Gasteiger partial charge in [0.2, 0.25) is 11.7 Å². The Balaban J connectivity index is 2.53. The van der Waals surface area contributed by atoms with Crippen LogP contribution in [-0.4, -0.2) is 44.4 Å². The number of rotatable bonds is 4. The highest BCUT2D eigenvalue weighted by atomic mass is 16.5. The van der Waals surface area contributed by atoms with E-state index in [0.717, 1.165) is 0 Å². The molecule has 1 N–H and O–H groups in total. The van der Waals surface area contributed by atoms with Crippen LogP contribution in [-0.2, 0) is 7.05 Å². The average molecular weight is 248 g/mol. The Kier molecular flexibility index (Phi) is 3.33. The Morgan fingerprint density at radius 2 is 2.22 bits per heavy atom. The summed E-state index contributed by atoms with van der Waals surface area (Å²) in [4.78, 5) is 19.8. The summed E-state index contributed by atoms with van der Waals surface area (Å²) >= 11 is 0. The molecule has 0 aromatic carbocycles. The molecule has 2 aromatic rings. The third kappa shape index (κ3) is 2.07. The Bertz CT molecular complexity index is 579. The molecule has 0 fully saturated rings. The summed E-state index contributed by atoms with van der Waals surface area (Å²) in [7, 11) is 3.11. The van der Waals surface area contributed by atoms with E-state index in [9.17, 15) is 4.79 Å². The van der Waals surface area contributed by atoms with Crippen LogP contribution >= 0.6 is 0 Å². The van der Waals surface area contributed by atoms with Crippen LogP contribution in [0.2, 0.25) is 0 Å². The van der Waals surface area contributed by atoms with Gasteiger partial charge in [-0.15, -0.1) is 0 Å². The monoisotopic (exact) mass is 248 g/mol. The number of ether oxygens (including phenoxy) is 1. The van der Waals surface area contributed by atoms with Crippen LogP contribution in [0, 0.1) is 0 Å². The van der Waals surface area contributed by atoms with Crippen molar-refractivity contribution in [3.05, 3.63) is 24.3 Å². The summed E-state index contributed by atoms with van der Waals surface area (Å²) in [6, 6.07) is 0. The van der Waals surface area contributed by atoms with E-state index in [-0.39, 0.29) is 0 Å². The van der Waals surface area contributed by atoms with Crippen LogP contribution in [0.4, 0.5) is 0 Å². The topological polar surface area (TPSA) is 90.1 Å². The minimum atomic E-state index is -0.579. The molecule has 18 heavy (non-hydrogen) atoms. The number of ketones is 1. The van der Waals surface area contributed by atoms with Gasteiger partial charge in [-0.2, -0.15) is 5.10 Å². The number of aliphatic hydroxyl groups is 1. The van der Waals surface area contributed by atoms with E-state index < -0.39 is 12.4 Å². The molecule has 0 radical (unpaired) electrons. The van der Waals surface area contributed by atoms with Crippen molar-refractivity contribution in [1.82, 2.24) is 19.7 Å². The number of carbonyl (C=O) groups excluding carboxylic acids is 1. The molecule has 0 aliphatic carbocycles. The van der Waals surface area contributed by atoms with Gasteiger partial charge in [-0.1, -0.05) is 0 Å². The largest absolute Gasteiger partial charge is 0.480 e. The molecule has 7 nitrogen and oxygen atoms in total. The highest BCUT2D eigenvalue weighted by molar-refractivity contribution is 6.00. The van der Waals surface area contributed by atoms with Gasteiger partial charge in [0, 0.05) is 7.05 Å². The maximum absolute atomic E-state index is 11.7. The summed E-state index contributed by atoms with van der Waals surface area (Å²) in [6.45, 7) is -0.579. The minimum Gasteiger partial charge on any atom is -0.480 e. The molecule has 94 valence electrons. The fourth-order valence-electron chi connectivity index (χ4n) is 1.61. The lowest BCUT2D eigenvalue weighted by atomic mass is 10.1. The quantitative estimate of drug-likeness (QED) is 0.769. The summed E-state index contributed by atoms with van der Waals surface area (Å²) in [6.07, 6.45) is 4.48. The van der Waals surface area contributed by atoms with Crippen molar-refractivity contribution in [2.45, 2.75) is 0 Å². The van der Waals surface area contributed by atoms with Gasteiger partial charge in [-0.25, -0.2) is 4.98 Å². The summed E-state index contributed by atoms with van der Waals surface area (Å²) < 4.78 is 6.37. The van der Waals surface area contributed by atoms with Gasteiger partial charge in [0.15, 0.2) is 0 Å². The predicted octanol–water partition coefficient (Wildman–Crippen LogP) is 0.0607. The van der Waals surface area contributed by atoms with E-state index in [0.29, 0.717) is 22.8 Å². The highest BCUT2D eigenvalue weighted by Gasteiger charge is 2.18. The van der Waals surface area contributed by atoms with Crippen molar-refractivity contribution in [3.63, 3.8) is 0 Å². The number of Topliss-reactive ketones (excluding diaryl/α,β-unsaturated/α-hetero) is 1. The Morgan fingerprint density at radius 3 is 2.89 bits per heavy atom. The molecule has 0 saturated heterocycles. The lowest BCUT2D eigenvalue weighted by Gasteiger charge is -2.04. The fourth-order valence-corrected chi connectivity index (χ4v) is 1.61. The average Bonchev–Trinajstić information content (AvgIpc) is 2.80. The molecular weight excluding hydrogens is 236 g/mol. The van der Waals surface area contributed by atoms with Crippen LogP contribution in [0.1, 0.15) is 10.5 Å². The molecule has 2 rings (SSSR count). The third-order valence-corrected chi connectivity index (χ3v) is 2.44. The maximum Gasteiger partial charge on any atom is 0.232 e. The number of hydrogen-bond donors (Lipinski definition) is 1. The molecule has 0 spiro atoms. The van der Waals surface area contributed by atoms with Crippen LogP contribution in [0.3, 0.4) is 0 Å². The van der Waals surface area contributed by atoms with Crippen molar-refractivity contribution in [2.75, 3.05) is 13.7 Å². The number of nitrogens with zero attached hydrogens (tertiary/aromatic N) is 4. The molecule has 2 heterocycles. The second-order valence-electron chi connectivity index (χ2n) is 3.56. The number of hydrogen-bond acceptors (Lipinski definition) is 6. The molecule has 0 aliphatic heterocycles. The normalized spacial score (nSPS) is 10.4. The third-order valence-electron chi connectivity index (χ3n) is 2.44. The second kappa shape index (κ2) is 4.92. The first-order valence-electron chi connectivity index (χ1n) is 5.19. The van der Waals surface area contributed by atoms with Gasteiger partial charge in [0.1, 0.15) is 12.3 Å². The second-order valence-corrected chi connectivity index (χ2v) is 3.56. The van der Waals surface area contributed by atoms with E-state index in [1.54, 1.807) is 7.05 Å². The van der Waals surface area contributed by atoms with Gasteiger partial charge < -0.3 is 9.84 Å². The number of methoxy groups -OCH3 is 1. The van der Waals surface area contributed by atoms with Crippen molar-refractivity contribution < 1.29 is 14.6 Å². The fraction of sp³-hybridized carbons (Fsp3) is 0.273. The molecule has 7 heteroatoms. The zero-order valence-electron chi connectivity index (χ0n) is 9.99. The maximum atomic E-state index is 11.7. The summed E-state index contributed by atoms with van der Waals surface area (Å²) in [5.74, 6) is -0.0756. The van der Waals surface area contributed by atoms with E-state index in [1.165, 1.54) is 30.4 Å². The molecule has 0 aliphatic rings. The van der Waals surface area contributed by atoms with E-state index in [4.69, 9.17) is 9.84 Å². The van der Waals surface area contributed by atoms with Crippen molar-refractivity contribution >= 4 is 5.78 Å². The molecule has 0 bridgehead atoms. The van der Waals surface area contributed by atoms with Crippen LogP contribution in [0.5, 0.6) is 5.88 Å². The number of carbonyl (C=O) groups is 1. The molecule has 0 unspecified atom stereocenters. The first-order chi connectivity index (χ1) is 8.67. The molecule has 2 aromatic heterocycles. The van der Waals surface area contributed by atoms with Crippen molar-refractivity contribution in [1.29, 1.82) is 0 Å². The van der Waals surface area contributed by atoms with Crippen LogP contribution < -0.4 is 4.74 Å². The Hall–Kier alpha value is -2.28. The Labute approximate surface area is 103 Å². The van der Waals surface area contributed by atoms with Gasteiger partial charge in [-0.05, 0) is 0 Å². The number of aromatic nitrogens is 4. The zero-order valence-corrected chi connectivity index (χ0v) is 9.99. The minimum absolute atomic E-state index is 0.292. The smallest absolute Gasteiger partial charge is 0.232 e. The van der Waals surface area contributed by atoms with E-state index in [2.05, 4.69) is 15.1 Å². The lowest BCUT2D eigenvalue weighted by Crippen LogP contribution is -2.12. The zero-order chi connectivity index (χ0) is 13.1. The van der Waals surface area contributed by atoms with Crippen molar-refractivity contribution in [3.8, 4) is 17.1 Å². The van der Waals surface area contributed by atoms with Crippen LogP contribution in [0.15, 0.2) is 18.6 Å². The first-order valence-corrected chi connectivity index (χ1v) is 5.19.